The van der Waals surface area contributed by atoms with Crippen molar-refractivity contribution in [3.05, 3.63) is 35.4 Å². The van der Waals surface area contributed by atoms with E-state index in [1.54, 1.807) is 0 Å². The van der Waals surface area contributed by atoms with Gasteiger partial charge in [0.05, 0.1) is 6.54 Å². The van der Waals surface area contributed by atoms with Crippen LogP contribution in [0.3, 0.4) is 0 Å². The van der Waals surface area contributed by atoms with Crippen LogP contribution in [0.5, 0.6) is 0 Å². The predicted octanol–water partition coefficient (Wildman–Crippen LogP) is 2.59. The number of carbonyl (C=O) groups excluding carboxylic acids is 1. The van der Waals surface area contributed by atoms with Crippen molar-refractivity contribution in [3.63, 3.8) is 0 Å². The van der Waals surface area contributed by atoms with Gasteiger partial charge in [-0.3, -0.25) is 9.69 Å². The molecule has 1 aromatic carbocycles. The summed E-state index contributed by atoms with van der Waals surface area (Å²) in [4.78, 5) is 16.8. The molecule has 128 valence electrons. The molecule has 0 spiro atoms. The molecule has 2 rings (SSSR count). The van der Waals surface area contributed by atoms with Crippen LogP contribution in [-0.4, -0.2) is 55.0 Å². The van der Waals surface area contributed by atoms with Gasteiger partial charge < -0.3 is 10.2 Å². The molecule has 0 saturated carbocycles. The summed E-state index contributed by atoms with van der Waals surface area (Å²) in [5.41, 5.74) is 2.52. The Bertz CT molecular complexity index is 492. The molecule has 1 saturated heterocycles. The Labute approximate surface area is 140 Å². The van der Waals surface area contributed by atoms with Crippen LogP contribution in [0.15, 0.2) is 24.3 Å². The third kappa shape index (κ3) is 5.33. The molecule has 1 atom stereocenters. The van der Waals surface area contributed by atoms with E-state index in [2.05, 4.69) is 60.2 Å². The number of hydrogen-bond donors (Lipinski definition) is 1. The molecule has 1 amide bonds. The van der Waals surface area contributed by atoms with Gasteiger partial charge in [-0.05, 0) is 45.8 Å². The minimum atomic E-state index is 0.140. The number of rotatable bonds is 6. The molecule has 1 fully saturated rings. The summed E-state index contributed by atoms with van der Waals surface area (Å²) in [6, 6.07) is 9.13. The molecule has 1 aromatic rings. The van der Waals surface area contributed by atoms with Crippen molar-refractivity contribution in [2.24, 2.45) is 0 Å². The fraction of sp³-hybridized carbons (Fsp3) is 0.632. The van der Waals surface area contributed by atoms with E-state index in [0.29, 0.717) is 12.6 Å². The van der Waals surface area contributed by atoms with E-state index in [4.69, 9.17) is 0 Å². The van der Waals surface area contributed by atoms with Gasteiger partial charge in [0.25, 0.3) is 0 Å². The number of benzene rings is 1. The number of amides is 1. The molecule has 1 N–H and O–H groups in total. The van der Waals surface area contributed by atoms with Crippen molar-refractivity contribution in [1.82, 2.24) is 15.1 Å². The molecule has 0 aliphatic carbocycles. The Morgan fingerprint density at radius 3 is 2.48 bits per heavy atom. The van der Waals surface area contributed by atoms with Crippen molar-refractivity contribution in [2.75, 3.05) is 33.2 Å². The first-order valence-corrected chi connectivity index (χ1v) is 8.78. The van der Waals surface area contributed by atoms with E-state index < -0.39 is 0 Å². The highest BCUT2D eigenvalue weighted by Gasteiger charge is 2.21. The monoisotopic (exact) mass is 317 g/mol. The van der Waals surface area contributed by atoms with Crippen LogP contribution in [-0.2, 0) is 4.79 Å². The van der Waals surface area contributed by atoms with E-state index >= 15 is 0 Å². The molecule has 1 aliphatic heterocycles. The molecule has 1 aliphatic rings. The second-order valence-corrected chi connectivity index (χ2v) is 6.78. The lowest BCUT2D eigenvalue weighted by Gasteiger charge is -2.32. The van der Waals surface area contributed by atoms with Gasteiger partial charge in [0.1, 0.15) is 0 Å². The zero-order chi connectivity index (χ0) is 16.8. The van der Waals surface area contributed by atoms with Gasteiger partial charge in [-0.1, -0.05) is 36.8 Å². The highest BCUT2D eigenvalue weighted by molar-refractivity contribution is 5.78. The van der Waals surface area contributed by atoms with Gasteiger partial charge in [-0.25, -0.2) is 0 Å². The number of likely N-dealkylation sites (tertiary alicyclic amines) is 1. The van der Waals surface area contributed by atoms with Crippen molar-refractivity contribution < 1.29 is 4.79 Å². The van der Waals surface area contributed by atoms with E-state index in [9.17, 15) is 4.79 Å². The van der Waals surface area contributed by atoms with Gasteiger partial charge in [-0.15, -0.1) is 0 Å². The third-order valence-corrected chi connectivity index (χ3v) is 5.01. The predicted molar refractivity (Wildman–Crippen MR) is 95.5 cm³/mol. The van der Waals surface area contributed by atoms with Crippen molar-refractivity contribution >= 4 is 5.91 Å². The SMILES string of the molecule is CCN1CCC(NC(=O)CN(C)C(C)c2ccc(C)cc2)CC1. The average Bonchev–Trinajstić information content (AvgIpc) is 2.55. The zero-order valence-electron chi connectivity index (χ0n) is 15.0. The smallest absolute Gasteiger partial charge is 0.234 e. The van der Waals surface area contributed by atoms with Crippen LogP contribution in [0.1, 0.15) is 43.9 Å². The van der Waals surface area contributed by atoms with E-state index in [1.807, 2.05) is 7.05 Å². The Kier molecular flexibility index (Phi) is 6.60. The minimum absolute atomic E-state index is 0.140. The van der Waals surface area contributed by atoms with Crippen LogP contribution < -0.4 is 5.32 Å². The first kappa shape index (κ1) is 18.0. The fourth-order valence-corrected chi connectivity index (χ4v) is 3.13. The summed E-state index contributed by atoms with van der Waals surface area (Å²) < 4.78 is 0. The maximum atomic E-state index is 12.3. The van der Waals surface area contributed by atoms with Gasteiger partial charge in [0, 0.05) is 25.2 Å². The van der Waals surface area contributed by atoms with Gasteiger partial charge in [-0.2, -0.15) is 0 Å². The topological polar surface area (TPSA) is 35.6 Å². The highest BCUT2D eigenvalue weighted by atomic mass is 16.2. The Morgan fingerprint density at radius 2 is 1.91 bits per heavy atom. The summed E-state index contributed by atoms with van der Waals surface area (Å²) in [5, 5.41) is 3.20. The first-order chi connectivity index (χ1) is 11.0. The van der Waals surface area contributed by atoms with Crippen LogP contribution in [0, 0.1) is 6.92 Å². The molecule has 0 aromatic heterocycles. The Morgan fingerprint density at radius 1 is 1.30 bits per heavy atom. The summed E-state index contributed by atoms with van der Waals surface area (Å²) >= 11 is 0. The molecular weight excluding hydrogens is 286 g/mol. The Hall–Kier alpha value is -1.39. The molecule has 4 nitrogen and oxygen atoms in total. The molecule has 23 heavy (non-hydrogen) atoms. The molecule has 4 heteroatoms. The average molecular weight is 317 g/mol. The standard InChI is InChI=1S/C19H31N3O/c1-5-22-12-10-18(11-13-22)20-19(23)14-21(4)16(3)17-8-6-15(2)7-9-17/h6-9,16,18H,5,10-14H2,1-4H3,(H,20,23). The van der Waals surface area contributed by atoms with Gasteiger partial charge in [0.15, 0.2) is 0 Å². The highest BCUT2D eigenvalue weighted by Crippen LogP contribution is 2.19. The number of likely N-dealkylation sites (N-methyl/N-ethyl adjacent to an activating group) is 1. The molecule has 1 unspecified atom stereocenters. The summed E-state index contributed by atoms with van der Waals surface area (Å²) in [6.45, 7) is 10.2. The summed E-state index contributed by atoms with van der Waals surface area (Å²) in [6.07, 6.45) is 2.13. The van der Waals surface area contributed by atoms with Crippen molar-refractivity contribution in [1.29, 1.82) is 0 Å². The van der Waals surface area contributed by atoms with Crippen LogP contribution >= 0.6 is 0 Å². The molecular formula is C19H31N3O. The molecule has 0 radical (unpaired) electrons. The van der Waals surface area contributed by atoms with Crippen molar-refractivity contribution in [2.45, 2.75) is 45.7 Å². The van der Waals surface area contributed by atoms with Gasteiger partial charge >= 0.3 is 0 Å². The van der Waals surface area contributed by atoms with Crippen molar-refractivity contribution in [3.8, 4) is 0 Å². The van der Waals surface area contributed by atoms with E-state index in [0.717, 1.165) is 32.5 Å². The second kappa shape index (κ2) is 8.46. The lowest BCUT2D eigenvalue weighted by atomic mass is 10.0. The normalized spacial score (nSPS) is 18.1. The number of carbonyl (C=O) groups is 1. The lowest BCUT2D eigenvalue weighted by molar-refractivity contribution is -0.123. The van der Waals surface area contributed by atoms with E-state index in [-0.39, 0.29) is 11.9 Å². The van der Waals surface area contributed by atoms with Crippen LogP contribution in [0.25, 0.3) is 0 Å². The maximum absolute atomic E-state index is 12.3. The number of hydrogen-bond acceptors (Lipinski definition) is 3. The minimum Gasteiger partial charge on any atom is -0.352 e. The Balaban J connectivity index is 1.79. The van der Waals surface area contributed by atoms with Crippen LogP contribution in [0.4, 0.5) is 0 Å². The summed E-state index contributed by atoms with van der Waals surface area (Å²) in [7, 11) is 2.02. The summed E-state index contributed by atoms with van der Waals surface area (Å²) in [5.74, 6) is 0.140. The quantitative estimate of drug-likeness (QED) is 0.876. The number of aryl methyl sites for hydroxylation is 1. The third-order valence-electron chi connectivity index (χ3n) is 5.01. The number of nitrogens with one attached hydrogen (secondary N) is 1. The zero-order valence-corrected chi connectivity index (χ0v) is 15.0. The van der Waals surface area contributed by atoms with Gasteiger partial charge in [0.2, 0.25) is 5.91 Å². The van der Waals surface area contributed by atoms with E-state index in [1.165, 1.54) is 11.1 Å². The number of nitrogens with zero attached hydrogens (tertiary/aromatic N) is 2. The second-order valence-electron chi connectivity index (χ2n) is 6.78. The largest absolute Gasteiger partial charge is 0.352 e. The molecule has 0 bridgehead atoms. The van der Waals surface area contributed by atoms with Crippen LogP contribution in [0.2, 0.25) is 0 Å². The molecule has 1 heterocycles. The lowest BCUT2D eigenvalue weighted by Crippen LogP contribution is -2.47. The maximum Gasteiger partial charge on any atom is 0.234 e. The first-order valence-electron chi connectivity index (χ1n) is 8.78. The fourth-order valence-electron chi connectivity index (χ4n) is 3.13. The number of piperidine rings is 1.